The van der Waals surface area contributed by atoms with Gasteiger partial charge in [0.15, 0.2) is 0 Å². The van der Waals surface area contributed by atoms with Crippen molar-refractivity contribution in [1.82, 2.24) is 0 Å². The Balaban J connectivity index is 0. The van der Waals surface area contributed by atoms with Crippen LogP contribution in [0.5, 0.6) is 0 Å². The van der Waals surface area contributed by atoms with E-state index >= 15 is 0 Å². The van der Waals surface area contributed by atoms with Crippen LogP contribution in [0.1, 0.15) is 24.9 Å². The molecule has 0 radical (unpaired) electrons. The molecule has 0 aliphatic carbocycles. The summed E-state index contributed by atoms with van der Waals surface area (Å²) in [6.07, 6.45) is 2.14. The van der Waals surface area contributed by atoms with E-state index in [4.69, 9.17) is 10.2 Å². The van der Waals surface area contributed by atoms with Gasteiger partial charge in [-0.2, -0.15) is 0 Å². The number of rotatable bonds is 3. The molecule has 1 heterocycles. The summed E-state index contributed by atoms with van der Waals surface area (Å²) in [5.74, 6) is 1.92. The Kier molecular flexibility index (Phi) is 8.93. The molecule has 4 heteroatoms. The Bertz CT molecular complexity index is 201. The Hall–Kier alpha value is -0.180. The maximum absolute atomic E-state index is 5.37. The van der Waals surface area contributed by atoms with Crippen LogP contribution < -0.4 is 5.73 Å². The monoisotopic (exact) mass is 211 g/mol. The summed E-state index contributed by atoms with van der Waals surface area (Å²) in [5, 5.41) is 0. The molecule has 0 spiro atoms. The first-order valence-electron chi connectivity index (χ1n) is 3.64. The Labute approximate surface area is 85.3 Å². The lowest BCUT2D eigenvalue weighted by atomic mass is 10.3. The van der Waals surface area contributed by atoms with Gasteiger partial charge >= 0.3 is 0 Å². The summed E-state index contributed by atoms with van der Waals surface area (Å²) in [5.41, 5.74) is 5.37. The zero-order valence-corrected chi connectivity index (χ0v) is 8.71. The molecule has 1 rings (SSSR count). The van der Waals surface area contributed by atoms with Crippen molar-refractivity contribution in [3.8, 4) is 0 Å². The van der Waals surface area contributed by atoms with Crippen LogP contribution in [-0.2, 0) is 13.0 Å². The third-order valence-electron chi connectivity index (χ3n) is 1.41. The topological polar surface area (TPSA) is 39.2 Å². The first kappa shape index (κ1) is 14.3. The molecule has 0 amide bonds. The van der Waals surface area contributed by atoms with Crippen molar-refractivity contribution in [2.45, 2.75) is 26.3 Å². The van der Waals surface area contributed by atoms with E-state index in [-0.39, 0.29) is 24.8 Å². The quantitative estimate of drug-likeness (QED) is 0.836. The molecule has 0 saturated heterocycles. The number of furan rings is 1. The van der Waals surface area contributed by atoms with Crippen LogP contribution in [0.15, 0.2) is 16.5 Å². The third-order valence-corrected chi connectivity index (χ3v) is 1.41. The van der Waals surface area contributed by atoms with Crippen LogP contribution in [-0.4, -0.2) is 0 Å². The maximum atomic E-state index is 5.37. The normalized spacial score (nSPS) is 8.50. The van der Waals surface area contributed by atoms with Gasteiger partial charge in [-0.3, -0.25) is 0 Å². The van der Waals surface area contributed by atoms with Crippen LogP contribution in [0, 0.1) is 0 Å². The fraction of sp³-hybridized carbons (Fsp3) is 0.500. The van der Waals surface area contributed by atoms with E-state index in [0.717, 1.165) is 24.4 Å². The number of aryl methyl sites for hydroxylation is 1. The summed E-state index contributed by atoms with van der Waals surface area (Å²) >= 11 is 0. The molecule has 0 atom stereocenters. The van der Waals surface area contributed by atoms with Crippen molar-refractivity contribution in [3.05, 3.63) is 23.7 Å². The molecular weight excluding hydrogens is 197 g/mol. The third kappa shape index (κ3) is 4.00. The predicted molar refractivity (Wildman–Crippen MR) is 55.1 cm³/mol. The van der Waals surface area contributed by atoms with Gasteiger partial charge in [0, 0.05) is 6.42 Å². The molecular formula is C8H15Cl2NO. The lowest BCUT2D eigenvalue weighted by Gasteiger charge is -1.90. The molecule has 1 aromatic heterocycles. The standard InChI is InChI=1S/C8H13NO.2ClH/c1-2-3-7-4-5-8(6-9)10-7;;/h4-5H,2-3,6,9H2,1H3;2*1H. The van der Waals surface area contributed by atoms with Gasteiger partial charge in [0.05, 0.1) is 6.54 Å². The van der Waals surface area contributed by atoms with Crippen LogP contribution in [0.3, 0.4) is 0 Å². The largest absolute Gasteiger partial charge is 0.465 e. The molecule has 0 aliphatic heterocycles. The fourth-order valence-corrected chi connectivity index (χ4v) is 0.913. The van der Waals surface area contributed by atoms with E-state index in [1.54, 1.807) is 0 Å². The van der Waals surface area contributed by atoms with E-state index in [1.807, 2.05) is 12.1 Å². The second-order valence-corrected chi connectivity index (χ2v) is 2.32. The summed E-state index contributed by atoms with van der Waals surface area (Å²) in [4.78, 5) is 0. The van der Waals surface area contributed by atoms with Gasteiger partial charge in [-0.1, -0.05) is 6.92 Å². The Morgan fingerprint density at radius 3 is 2.25 bits per heavy atom. The predicted octanol–water partition coefficient (Wildman–Crippen LogP) is 2.53. The highest BCUT2D eigenvalue weighted by atomic mass is 35.5. The number of halogens is 2. The average Bonchev–Trinajstić information content (AvgIpc) is 2.37. The number of hydrogen-bond acceptors (Lipinski definition) is 2. The van der Waals surface area contributed by atoms with Crippen molar-refractivity contribution in [3.63, 3.8) is 0 Å². The zero-order chi connectivity index (χ0) is 7.40. The second kappa shape index (κ2) is 7.47. The van der Waals surface area contributed by atoms with Crippen LogP contribution >= 0.6 is 24.8 Å². The minimum atomic E-state index is 0. The van der Waals surface area contributed by atoms with Gasteiger partial charge in [-0.15, -0.1) is 24.8 Å². The first-order chi connectivity index (χ1) is 4.86. The van der Waals surface area contributed by atoms with E-state index in [1.165, 1.54) is 0 Å². The molecule has 0 bridgehead atoms. The lowest BCUT2D eigenvalue weighted by molar-refractivity contribution is 0.464. The minimum Gasteiger partial charge on any atom is -0.465 e. The molecule has 72 valence electrons. The van der Waals surface area contributed by atoms with Crippen molar-refractivity contribution >= 4 is 24.8 Å². The Morgan fingerprint density at radius 2 is 1.83 bits per heavy atom. The highest BCUT2D eigenvalue weighted by Gasteiger charge is 1.97. The molecule has 0 unspecified atom stereocenters. The van der Waals surface area contributed by atoms with Crippen LogP contribution in [0.25, 0.3) is 0 Å². The SMILES string of the molecule is CCCc1ccc(CN)o1.Cl.Cl. The molecule has 0 aromatic carbocycles. The van der Waals surface area contributed by atoms with Gasteiger partial charge in [0.25, 0.3) is 0 Å². The van der Waals surface area contributed by atoms with Crippen LogP contribution in [0.2, 0.25) is 0 Å². The smallest absolute Gasteiger partial charge is 0.117 e. The number of nitrogens with two attached hydrogens (primary N) is 1. The highest BCUT2D eigenvalue weighted by molar-refractivity contribution is 5.85. The van der Waals surface area contributed by atoms with Gasteiger partial charge in [-0.05, 0) is 18.6 Å². The summed E-state index contributed by atoms with van der Waals surface area (Å²) in [6.45, 7) is 2.63. The van der Waals surface area contributed by atoms with E-state index in [9.17, 15) is 0 Å². The van der Waals surface area contributed by atoms with Crippen molar-refractivity contribution in [1.29, 1.82) is 0 Å². The van der Waals surface area contributed by atoms with E-state index in [0.29, 0.717) is 6.54 Å². The molecule has 1 aromatic rings. The number of hydrogen-bond donors (Lipinski definition) is 1. The van der Waals surface area contributed by atoms with Crippen molar-refractivity contribution in [2.75, 3.05) is 0 Å². The van der Waals surface area contributed by atoms with Gasteiger partial charge < -0.3 is 10.2 Å². The summed E-state index contributed by atoms with van der Waals surface area (Å²) in [6, 6.07) is 3.93. The maximum Gasteiger partial charge on any atom is 0.117 e. The zero-order valence-electron chi connectivity index (χ0n) is 7.08. The Morgan fingerprint density at radius 1 is 1.25 bits per heavy atom. The van der Waals surface area contributed by atoms with Gasteiger partial charge in [0.2, 0.25) is 0 Å². The fourth-order valence-electron chi connectivity index (χ4n) is 0.913. The first-order valence-corrected chi connectivity index (χ1v) is 3.64. The van der Waals surface area contributed by atoms with E-state index in [2.05, 4.69) is 6.92 Å². The van der Waals surface area contributed by atoms with Crippen molar-refractivity contribution < 1.29 is 4.42 Å². The van der Waals surface area contributed by atoms with Crippen LogP contribution in [0.4, 0.5) is 0 Å². The highest BCUT2D eigenvalue weighted by Crippen LogP contribution is 2.08. The molecule has 0 fully saturated rings. The van der Waals surface area contributed by atoms with Gasteiger partial charge in [0.1, 0.15) is 11.5 Å². The second-order valence-electron chi connectivity index (χ2n) is 2.32. The van der Waals surface area contributed by atoms with Crippen molar-refractivity contribution in [2.24, 2.45) is 5.73 Å². The average molecular weight is 212 g/mol. The summed E-state index contributed by atoms with van der Waals surface area (Å²) < 4.78 is 5.35. The molecule has 0 aliphatic rings. The van der Waals surface area contributed by atoms with E-state index < -0.39 is 0 Å². The minimum absolute atomic E-state index is 0. The molecule has 12 heavy (non-hydrogen) atoms. The molecule has 2 nitrogen and oxygen atoms in total. The molecule has 2 N–H and O–H groups in total. The van der Waals surface area contributed by atoms with Gasteiger partial charge in [-0.25, -0.2) is 0 Å². The molecule has 0 saturated carbocycles. The lowest BCUT2D eigenvalue weighted by Crippen LogP contribution is -1.92. The summed E-state index contributed by atoms with van der Waals surface area (Å²) in [7, 11) is 0.